The molecule has 0 fully saturated rings. The fraction of sp³-hybridized carbons (Fsp3) is 0.167. The van der Waals surface area contributed by atoms with E-state index in [9.17, 15) is 0 Å². The molecule has 2 rings (SSSR count). The monoisotopic (exact) mass is 187 g/mol. The minimum atomic E-state index is 0.427. The molecule has 2 aromatic heterocycles. The average Bonchev–Trinajstić information content (AvgIpc) is 2.46. The highest BCUT2D eigenvalue weighted by Crippen LogP contribution is 2.20. The summed E-state index contributed by atoms with van der Waals surface area (Å²) in [6.07, 6.45) is 1.92. The molecule has 3 nitrogen and oxygen atoms in total. The number of nitrogens with zero attached hydrogens (tertiary/aromatic N) is 2. The SMILES string of the molecule is NCc1c(Cl)nc2sccn12. The Labute approximate surface area is 72.4 Å². The molecule has 0 aromatic carbocycles. The van der Waals surface area contributed by atoms with Gasteiger partial charge in [-0.2, -0.15) is 0 Å². The molecule has 0 aliphatic carbocycles. The molecule has 11 heavy (non-hydrogen) atoms. The van der Waals surface area contributed by atoms with Gasteiger partial charge in [-0.05, 0) is 0 Å². The molecule has 0 bridgehead atoms. The number of rotatable bonds is 1. The van der Waals surface area contributed by atoms with Crippen molar-refractivity contribution in [3.05, 3.63) is 22.4 Å². The van der Waals surface area contributed by atoms with Gasteiger partial charge in [0.2, 0.25) is 0 Å². The van der Waals surface area contributed by atoms with Gasteiger partial charge < -0.3 is 5.73 Å². The van der Waals surface area contributed by atoms with E-state index in [1.165, 1.54) is 0 Å². The predicted octanol–water partition coefficient (Wildman–Crippen LogP) is 1.51. The molecular weight excluding hydrogens is 182 g/mol. The Bertz CT molecular complexity index is 378. The molecule has 0 atom stereocenters. The van der Waals surface area contributed by atoms with Crippen molar-refractivity contribution in [2.75, 3.05) is 0 Å². The fourth-order valence-electron chi connectivity index (χ4n) is 0.989. The number of hydrogen-bond donors (Lipinski definition) is 1. The Morgan fingerprint density at radius 2 is 2.55 bits per heavy atom. The van der Waals surface area contributed by atoms with Gasteiger partial charge in [-0.1, -0.05) is 11.6 Å². The topological polar surface area (TPSA) is 43.3 Å². The van der Waals surface area contributed by atoms with Gasteiger partial charge in [0.15, 0.2) is 10.1 Å². The number of halogens is 1. The van der Waals surface area contributed by atoms with E-state index >= 15 is 0 Å². The van der Waals surface area contributed by atoms with Crippen molar-refractivity contribution in [1.82, 2.24) is 9.38 Å². The Kier molecular flexibility index (Phi) is 1.60. The van der Waals surface area contributed by atoms with Crippen molar-refractivity contribution >= 4 is 27.9 Å². The van der Waals surface area contributed by atoms with Gasteiger partial charge in [0.05, 0.1) is 5.69 Å². The van der Waals surface area contributed by atoms with E-state index in [0.717, 1.165) is 10.7 Å². The van der Waals surface area contributed by atoms with Crippen molar-refractivity contribution in [3.63, 3.8) is 0 Å². The van der Waals surface area contributed by atoms with Crippen molar-refractivity contribution in [2.45, 2.75) is 6.54 Å². The van der Waals surface area contributed by atoms with E-state index in [4.69, 9.17) is 17.3 Å². The molecule has 5 heteroatoms. The van der Waals surface area contributed by atoms with E-state index < -0.39 is 0 Å². The first-order valence-electron chi connectivity index (χ1n) is 3.13. The molecule has 0 aliphatic rings. The van der Waals surface area contributed by atoms with Gasteiger partial charge in [-0.25, -0.2) is 4.98 Å². The molecule has 58 valence electrons. The zero-order valence-corrected chi connectivity index (χ0v) is 7.19. The lowest BCUT2D eigenvalue weighted by Gasteiger charge is -1.91. The second-order valence-corrected chi connectivity index (χ2v) is 3.34. The molecule has 2 N–H and O–H groups in total. The normalized spacial score (nSPS) is 11.1. The van der Waals surface area contributed by atoms with Crippen LogP contribution in [0, 0.1) is 0 Å². The number of nitrogens with two attached hydrogens (primary N) is 1. The molecule has 0 spiro atoms. The number of thiazole rings is 1. The summed E-state index contributed by atoms with van der Waals surface area (Å²) < 4.78 is 1.91. The van der Waals surface area contributed by atoms with Gasteiger partial charge >= 0.3 is 0 Å². The van der Waals surface area contributed by atoms with E-state index in [1.54, 1.807) is 11.3 Å². The highest BCUT2D eigenvalue weighted by atomic mass is 35.5. The Morgan fingerprint density at radius 3 is 3.27 bits per heavy atom. The lowest BCUT2D eigenvalue weighted by Crippen LogP contribution is -1.99. The lowest BCUT2D eigenvalue weighted by atomic mass is 10.5. The van der Waals surface area contributed by atoms with Gasteiger partial charge in [-0.15, -0.1) is 11.3 Å². The van der Waals surface area contributed by atoms with Gasteiger partial charge in [0.1, 0.15) is 0 Å². The summed E-state index contributed by atoms with van der Waals surface area (Å²) in [7, 11) is 0. The summed E-state index contributed by atoms with van der Waals surface area (Å²) in [5.41, 5.74) is 6.36. The van der Waals surface area contributed by atoms with Crippen LogP contribution in [0.5, 0.6) is 0 Å². The minimum absolute atomic E-state index is 0.427. The van der Waals surface area contributed by atoms with Crippen LogP contribution in [0.2, 0.25) is 5.15 Å². The Hall–Kier alpha value is -0.580. The van der Waals surface area contributed by atoms with Crippen LogP contribution in [-0.2, 0) is 6.54 Å². The first-order chi connectivity index (χ1) is 5.33. The standard InChI is InChI=1S/C6H6ClN3S/c7-5-4(3-8)10-1-2-11-6(10)9-5/h1-2H,3,8H2. The smallest absolute Gasteiger partial charge is 0.195 e. The van der Waals surface area contributed by atoms with Crippen LogP contribution in [0.15, 0.2) is 11.6 Å². The average molecular weight is 188 g/mol. The third-order valence-electron chi connectivity index (χ3n) is 1.51. The largest absolute Gasteiger partial charge is 0.325 e. The first-order valence-corrected chi connectivity index (χ1v) is 4.38. The zero-order valence-electron chi connectivity index (χ0n) is 5.62. The molecule has 0 amide bonds. The Morgan fingerprint density at radius 1 is 1.73 bits per heavy atom. The highest BCUT2D eigenvalue weighted by molar-refractivity contribution is 7.15. The minimum Gasteiger partial charge on any atom is -0.325 e. The third kappa shape index (κ3) is 0.946. The fourth-order valence-corrected chi connectivity index (χ4v) is 2.02. The van der Waals surface area contributed by atoms with Crippen LogP contribution in [-0.4, -0.2) is 9.38 Å². The van der Waals surface area contributed by atoms with Crippen LogP contribution in [0.4, 0.5) is 0 Å². The summed E-state index contributed by atoms with van der Waals surface area (Å²) in [4.78, 5) is 5.01. The van der Waals surface area contributed by atoms with E-state index in [1.807, 2.05) is 16.0 Å². The van der Waals surface area contributed by atoms with Crippen LogP contribution >= 0.6 is 22.9 Å². The predicted molar refractivity (Wildman–Crippen MR) is 46.0 cm³/mol. The second-order valence-electron chi connectivity index (χ2n) is 2.11. The number of fused-ring (bicyclic) bond motifs is 1. The summed E-state index contributed by atoms with van der Waals surface area (Å²) in [6, 6.07) is 0. The van der Waals surface area contributed by atoms with E-state index in [2.05, 4.69) is 4.98 Å². The van der Waals surface area contributed by atoms with Crippen molar-refractivity contribution < 1.29 is 0 Å². The van der Waals surface area contributed by atoms with Gasteiger partial charge in [0, 0.05) is 18.1 Å². The molecule has 2 aromatic rings. The summed E-state index contributed by atoms with van der Waals surface area (Å²) in [5, 5.41) is 2.47. The van der Waals surface area contributed by atoms with Gasteiger partial charge in [-0.3, -0.25) is 4.40 Å². The number of imidazole rings is 1. The number of hydrogen-bond acceptors (Lipinski definition) is 3. The lowest BCUT2D eigenvalue weighted by molar-refractivity contribution is 0.967. The summed E-state index contributed by atoms with van der Waals surface area (Å²) >= 11 is 7.35. The molecule has 0 aliphatic heterocycles. The molecule has 0 unspecified atom stereocenters. The molecule has 0 saturated carbocycles. The molecule has 0 radical (unpaired) electrons. The maximum Gasteiger partial charge on any atom is 0.195 e. The molecule has 0 saturated heterocycles. The van der Waals surface area contributed by atoms with Crippen molar-refractivity contribution in [3.8, 4) is 0 Å². The maximum atomic E-state index is 5.80. The summed E-state index contributed by atoms with van der Waals surface area (Å²) in [6.45, 7) is 0.427. The second kappa shape index (κ2) is 2.48. The first kappa shape index (κ1) is 7.09. The van der Waals surface area contributed by atoms with Crippen molar-refractivity contribution in [1.29, 1.82) is 0 Å². The zero-order chi connectivity index (χ0) is 7.84. The maximum absolute atomic E-state index is 5.80. The molecule has 2 heterocycles. The van der Waals surface area contributed by atoms with E-state index in [-0.39, 0.29) is 0 Å². The third-order valence-corrected chi connectivity index (χ3v) is 2.56. The van der Waals surface area contributed by atoms with Crippen LogP contribution < -0.4 is 5.73 Å². The highest BCUT2D eigenvalue weighted by Gasteiger charge is 2.07. The van der Waals surface area contributed by atoms with Crippen LogP contribution in [0.3, 0.4) is 0 Å². The van der Waals surface area contributed by atoms with E-state index in [0.29, 0.717) is 11.7 Å². The van der Waals surface area contributed by atoms with Crippen molar-refractivity contribution in [2.24, 2.45) is 5.73 Å². The van der Waals surface area contributed by atoms with Crippen LogP contribution in [0.25, 0.3) is 4.96 Å². The van der Waals surface area contributed by atoms with Gasteiger partial charge in [0.25, 0.3) is 0 Å². The summed E-state index contributed by atoms with van der Waals surface area (Å²) in [5.74, 6) is 0. The number of aromatic nitrogens is 2. The molecular formula is C6H6ClN3S. The quantitative estimate of drug-likeness (QED) is 0.736. The Balaban J connectivity index is 2.80. The van der Waals surface area contributed by atoms with Crippen LogP contribution in [0.1, 0.15) is 5.69 Å².